The first kappa shape index (κ1) is 15.6. The van der Waals surface area contributed by atoms with Crippen molar-refractivity contribution >= 4 is 0 Å². The van der Waals surface area contributed by atoms with Crippen molar-refractivity contribution in [1.29, 1.82) is 0 Å². The summed E-state index contributed by atoms with van der Waals surface area (Å²) < 4.78 is 0. The summed E-state index contributed by atoms with van der Waals surface area (Å²) in [6, 6.07) is 14.5. The van der Waals surface area contributed by atoms with Crippen LogP contribution in [0.4, 0.5) is 0 Å². The standard InChI is InChI=1S/2C9H10O/c2*1-2-5-8-6-3-4-7-9(8)10/h2*2-4,6-7,10H,1,5H2. The number of phenols is 2. The van der Waals surface area contributed by atoms with E-state index in [4.69, 9.17) is 0 Å². The highest BCUT2D eigenvalue weighted by Gasteiger charge is 1.94. The number of benzene rings is 2. The molecule has 104 valence electrons. The molecular formula is C18H20O2. The molecule has 0 radical (unpaired) electrons. The average Bonchev–Trinajstić information content (AvgIpc) is 2.45. The van der Waals surface area contributed by atoms with Crippen molar-refractivity contribution in [2.45, 2.75) is 12.8 Å². The van der Waals surface area contributed by atoms with Crippen LogP contribution in [-0.4, -0.2) is 10.2 Å². The summed E-state index contributed by atoms with van der Waals surface area (Å²) in [5.74, 6) is 0.699. The van der Waals surface area contributed by atoms with Crippen molar-refractivity contribution in [2.24, 2.45) is 0 Å². The van der Waals surface area contributed by atoms with Gasteiger partial charge in [-0.15, -0.1) is 13.2 Å². The second-order valence-corrected chi connectivity index (χ2v) is 4.24. The Bertz CT molecular complexity index is 507. The van der Waals surface area contributed by atoms with Gasteiger partial charge in [-0.3, -0.25) is 0 Å². The minimum absolute atomic E-state index is 0.349. The van der Waals surface area contributed by atoms with E-state index in [9.17, 15) is 10.2 Å². The molecule has 0 fully saturated rings. The van der Waals surface area contributed by atoms with Crippen molar-refractivity contribution in [3.05, 3.63) is 85.0 Å². The lowest BCUT2D eigenvalue weighted by Crippen LogP contribution is -1.79. The summed E-state index contributed by atoms with van der Waals surface area (Å²) in [5.41, 5.74) is 1.86. The van der Waals surface area contributed by atoms with E-state index >= 15 is 0 Å². The quantitative estimate of drug-likeness (QED) is 0.814. The lowest BCUT2D eigenvalue weighted by molar-refractivity contribution is 0.469. The van der Waals surface area contributed by atoms with E-state index in [1.54, 1.807) is 24.3 Å². The van der Waals surface area contributed by atoms with Crippen LogP contribution in [0.25, 0.3) is 0 Å². The smallest absolute Gasteiger partial charge is 0.119 e. The molecule has 20 heavy (non-hydrogen) atoms. The van der Waals surface area contributed by atoms with Crippen molar-refractivity contribution in [2.75, 3.05) is 0 Å². The first-order valence-corrected chi connectivity index (χ1v) is 6.44. The van der Waals surface area contributed by atoms with Crippen LogP contribution >= 0.6 is 0 Å². The Balaban J connectivity index is 0.000000200. The number of rotatable bonds is 4. The van der Waals surface area contributed by atoms with Gasteiger partial charge in [0.15, 0.2) is 0 Å². The van der Waals surface area contributed by atoms with E-state index in [2.05, 4.69) is 13.2 Å². The Labute approximate surface area is 120 Å². The van der Waals surface area contributed by atoms with Gasteiger partial charge in [-0.2, -0.15) is 0 Å². The molecular weight excluding hydrogens is 248 g/mol. The fourth-order valence-corrected chi connectivity index (χ4v) is 1.68. The predicted octanol–water partition coefficient (Wildman–Crippen LogP) is 4.24. The van der Waals surface area contributed by atoms with E-state index in [1.165, 1.54) is 0 Å². The maximum Gasteiger partial charge on any atom is 0.119 e. The van der Waals surface area contributed by atoms with Crippen molar-refractivity contribution in [3.63, 3.8) is 0 Å². The Kier molecular flexibility index (Phi) is 6.69. The van der Waals surface area contributed by atoms with Crippen molar-refractivity contribution < 1.29 is 10.2 Å². The highest BCUT2D eigenvalue weighted by molar-refractivity contribution is 5.33. The van der Waals surface area contributed by atoms with Gasteiger partial charge in [0.1, 0.15) is 11.5 Å². The molecule has 0 unspecified atom stereocenters. The highest BCUT2D eigenvalue weighted by Crippen LogP contribution is 2.16. The zero-order valence-corrected chi connectivity index (χ0v) is 11.5. The molecule has 0 spiro atoms. The van der Waals surface area contributed by atoms with Gasteiger partial charge in [-0.25, -0.2) is 0 Å². The largest absolute Gasteiger partial charge is 0.508 e. The zero-order chi connectivity index (χ0) is 14.8. The SMILES string of the molecule is C=CCc1ccccc1O.C=CCc1ccccc1O. The molecule has 0 saturated heterocycles. The van der Waals surface area contributed by atoms with Crippen LogP contribution in [0.15, 0.2) is 73.8 Å². The molecule has 0 bridgehead atoms. The van der Waals surface area contributed by atoms with E-state index in [-0.39, 0.29) is 0 Å². The normalized spacial score (nSPS) is 9.20. The van der Waals surface area contributed by atoms with Crippen molar-refractivity contribution in [3.8, 4) is 11.5 Å². The minimum Gasteiger partial charge on any atom is -0.508 e. The number of allylic oxidation sites excluding steroid dienone is 2. The molecule has 2 heteroatoms. The highest BCUT2D eigenvalue weighted by atomic mass is 16.3. The van der Waals surface area contributed by atoms with Crippen LogP contribution in [-0.2, 0) is 12.8 Å². The number of aromatic hydroxyl groups is 2. The molecule has 2 aromatic rings. The van der Waals surface area contributed by atoms with E-state index in [1.807, 2.05) is 36.4 Å². The molecule has 0 aliphatic heterocycles. The average molecular weight is 268 g/mol. The molecule has 2 aromatic carbocycles. The minimum atomic E-state index is 0.349. The Hall–Kier alpha value is -2.48. The van der Waals surface area contributed by atoms with Crippen LogP contribution < -0.4 is 0 Å². The van der Waals surface area contributed by atoms with Crippen LogP contribution in [0.3, 0.4) is 0 Å². The second kappa shape index (κ2) is 8.59. The summed E-state index contributed by atoms with van der Waals surface area (Å²) in [4.78, 5) is 0. The fraction of sp³-hybridized carbons (Fsp3) is 0.111. The third kappa shape index (κ3) is 5.02. The molecule has 2 rings (SSSR count). The summed E-state index contributed by atoms with van der Waals surface area (Å²) in [7, 11) is 0. The van der Waals surface area contributed by atoms with Crippen LogP contribution in [0.5, 0.6) is 11.5 Å². The zero-order valence-electron chi connectivity index (χ0n) is 11.5. The topological polar surface area (TPSA) is 40.5 Å². The van der Waals surface area contributed by atoms with Gasteiger partial charge in [-0.05, 0) is 36.1 Å². The molecule has 0 amide bonds. The molecule has 2 N–H and O–H groups in total. The third-order valence-electron chi connectivity index (χ3n) is 2.71. The first-order valence-electron chi connectivity index (χ1n) is 6.44. The number of para-hydroxylation sites is 2. The summed E-state index contributed by atoms with van der Waals surface area (Å²) >= 11 is 0. The molecule has 0 aliphatic carbocycles. The molecule has 0 aromatic heterocycles. The lowest BCUT2D eigenvalue weighted by atomic mass is 10.1. The Morgan fingerprint density at radius 2 is 1.05 bits per heavy atom. The van der Waals surface area contributed by atoms with Gasteiger partial charge in [-0.1, -0.05) is 48.6 Å². The van der Waals surface area contributed by atoms with E-state index in [0.717, 1.165) is 24.0 Å². The van der Waals surface area contributed by atoms with E-state index < -0.39 is 0 Å². The summed E-state index contributed by atoms with van der Waals surface area (Å²) in [6.07, 6.45) is 5.00. The number of phenolic OH excluding ortho intramolecular Hbond substituents is 2. The Morgan fingerprint density at radius 3 is 1.35 bits per heavy atom. The molecule has 2 nitrogen and oxygen atoms in total. The van der Waals surface area contributed by atoms with Gasteiger partial charge in [0.05, 0.1) is 0 Å². The van der Waals surface area contributed by atoms with Crippen LogP contribution in [0.1, 0.15) is 11.1 Å². The lowest BCUT2D eigenvalue weighted by Gasteiger charge is -1.97. The molecule has 0 atom stereocenters. The van der Waals surface area contributed by atoms with E-state index in [0.29, 0.717) is 11.5 Å². The van der Waals surface area contributed by atoms with Crippen LogP contribution in [0, 0.1) is 0 Å². The van der Waals surface area contributed by atoms with Gasteiger partial charge in [0.25, 0.3) is 0 Å². The van der Waals surface area contributed by atoms with Crippen LogP contribution in [0.2, 0.25) is 0 Å². The van der Waals surface area contributed by atoms with Crippen molar-refractivity contribution in [1.82, 2.24) is 0 Å². The second-order valence-electron chi connectivity index (χ2n) is 4.24. The van der Waals surface area contributed by atoms with Gasteiger partial charge >= 0.3 is 0 Å². The third-order valence-corrected chi connectivity index (χ3v) is 2.71. The maximum atomic E-state index is 9.19. The predicted molar refractivity (Wildman–Crippen MR) is 84.0 cm³/mol. The first-order chi connectivity index (χ1) is 9.69. The van der Waals surface area contributed by atoms with Gasteiger partial charge in [0, 0.05) is 0 Å². The van der Waals surface area contributed by atoms with Gasteiger partial charge < -0.3 is 10.2 Å². The molecule has 0 aliphatic rings. The maximum absolute atomic E-state index is 9.19. The number of hydrogen-bond donors (Lipinski definition) is 2. The summed E-state index contributed by atoms with van der Waals surface area (Å²) in [5, 5.41) is 18.4. The Morgan fingerprint density at radius 1 is 0.700 bits per heavy atom. The fourth-order valence-electron chi connectivity index (χ4n) is 1.68. The van der Waals surface area contributed by atoms with Gasteiger partial charge in [0.2, 0.25) is 0 Å². The molecule has 0 heterocycles. The summed E-state index contributed by atoms with van der Waals surface area (Å²) in [6.45, 7) is 7.17. The number of hydrogen-bond acceptors (Lipinski definition) is 2. The molecule has 0 saturated carbocycles. The monoisotopic (exact) mass is 268 g/mol.